The Labute approximate surface area is 185 Å². The lowest BCUT2D eigenvalue weighted by atomic mass is 10.0. The van der Waals surface area contributed by atoms with Crippen molar-refractivity contribution in [3.63, 3.8) is 0 Å². The van der Waals surface area contributed by atoms with Crippen molar-refractivity contribution in [3.05, 3.63) is 59.4 Å². The Morgan fingerprint density at radius 2 is 1.94 bits per heavy atom. The van der Waals surface area contributed by atoms with E-state index in [2.05, 4.69) is 38.7 Å². The van der Waals surface area contributed by atoms with Gasteiger partial charge in [0.25, 0.3) is 11.7 Å². The van der Waals surface area contributed by atoms with E-state index in [9.17, 15) is 9.59 Å². The van der Waals surface area contributed by atoms with Gasteiger partial charge < -0.3 is 15.2 Å². The van der Waals surface area contributed by atoms with Crippen LogP contribution in [0.25, 0.3) is 11.1 Å². The molecule has 0 radical (unpaired) electrons. The fourth-order valence-electron chi connectivity index (χ4n) is 3.54. The highest BCUT2D eigenvalue weighted by Gasteiger charge is 2.44. The molecule has 2 fully saturated rings. The number of benzene rings is 1. The molecule has 8 nitrogen and oxygen atoms in total. The van der Waals surface area contributed by atoms with Gasteiger partial charge in [-0.25, -0.2) is 4.98 Å². The minimum atomic E-state index is -0.349. The van der Waals surface area contributed by atoms with Gasteiger partial charge in [-0.3, -0.25) is 9.59 Å². The van der Waals surface area contributed by atoms with E-state index < -0.39 is 0 Å². The molecule has 8 heteroatoms. The third-order valence-electron chi connectivity index (χ3n) is 6.22. The Bertz CT molecular complexity index is 1190. The standard InChI is InChI=1S/C24H25N5O3/c1-14-11-16(17-7-10-25-19(12-17)27-21(30)15-3-4-15)5-6-18(14)13-26-22(31)20-28-23(32-29-20)24(2)8-9-24/h5-7,10-12,15H,3-4,8-9,13H2,1-2H3,(H,26,31)(H,25,27,30). The Kier molecular flexibility index (Phi) is 5.00. The molecule has 0 bridgehead atoms. The van der Waals surface area contributed by atoms with Crippen molar-refractivity contribution < 1.29 is 14.1 Å². The number of hydrogen-bond donors (Lipinski definition) is 2. The molecule has 2 aliphatic carbocycles. The Morgan fingerprint density at radius 3 is 2.66 bits per heavy atom. The molecule has 0 aliphatic heterocycles. The highest BCUT2D eigenvalue weighted by atomic mass is 16.5. The Morgan fingerprint density at radius 1 is 1.16 bits per heavy atom. The van der Waals surface area contributed by atoms with Crippen molar-refractivity contribution in [3.8, 4) is 11.1 Å². The summed E-state index contributed by atoms with van der Waals surface area (Å²) in [6.07, 6.45) is 5.62. The van der Waals surface area contributed by atoms with Crippen LogP contribution in [0.1, 0.15) is 60.2 Å². The monoisotopic (exact) mass is 431 g/mol. The molecule has 2 amide bonds. The lowest BCUT2D eigenvalue weighted by Crippen LogP contribution is -2.24. The average molecular weight is 431 g/mol. The number of nitrogens with zero attached hydrogens (tertiary/aromatic N) is 3. The zero-order valence-corrected chi connectivity index (χ0v) is 18.1. The molecule has 0 spiro atoms. The number of rotatable bonds is 7. The van der Waals surface area contributed by atoms with Gasteiger partial charge in [-0.2, -0.15) is 4.98 Å². The third-order valence-corrected chi connectivity index (χ3v) is 6.22. The number of aryl methyl sites for hydroxylation is 1. The highest BCUT2D eigenvalue weighted by Crippen LogP contribution is 2.46. The van der Waals surface area contributed by atoms with Gasteiger partial charge in [0.1, 0.15) is 5.82 Å². The van der Waals surface area contributed by atoms with Gasteiger partial charge >= 0.3 is 0 Å². The van der Waals surface area contributed by atoms with Crippen LogP contribution >= 0.6 is 0 Å². The van der Waals surface area contributed by atoms with Gasteiger partial charge in [0.15, 0.2) is 0 Å². The molecule has 32 heavy (non-hydrogen) atoms. The zero-order valence-electron chi connectivity index (χ0n) is 18.1. The second-order valence-corrected chi connectivity index (χ2v) is 9.00. The molecule has 164 valence electrons. The van der Waals surface area contributed by atoms with E-state index in [1.54, 1.807) is 6.20 Å². The number of pyridine rings is 1. The largest absolute Gasteiger partial charge is 0.345 e. The summed E-state index contributed by atoms with van der Waals surface area (Å²) < 4.78 is 5.25. The maximum absolute atomic E-state index is 12.4. The van der Waals surface area contributed by atoms with E-state index in [1.165, 1.54) is 0 Å². The fourth-order valence-corrected chi connectivity index (χ4v) is 3.54. The smallest absolute Gasteiger partial charge is 0.292 e. The predicted molar refractivity (Wildman–Crippen MR) is 118 cm³/mol. The van der Waals surface area contributed by atoms with Crippen molar-refractivity contribution in [2.45, 2.75) is 51.5 Å². The summed E-state index contributed by atoms with van der Waals surface area (Å²) in [5, 5.41) is 9.57. The number of anilines is 1. The van der Waals surface area contributed by atoms with Gasteiger partial charge in [-0.1, -0.05) is 30.3 Å². The predicted octanol–water partition coefficient (Wildman–Crippen LogP) is 3.77. The third kappa shape index (κ3) is 4.26. The normalized spacial score (nSPS) is 16.4. The molecule has 2 heterocycles. The van der Waals surface area contributed by atoms with Crippen molar-refractivity contribution in [1.29, 1.82) is 0 Å². The molecule has 2 saturated carbocycles. The molecular formula is C24H25N5O3. The molecule has 1 aromatic carbocycles. The molecule has 0 unspecified atom stereocenters. The Hall–Kier alpha value is -3.55. The summed E-state index contributed by atoms with van der Waals surface area (Å²) >= 11 is 0. The SMILES string of the molecule is Cc1cc(-c2ccnc(NC(=O)C3CC3)c2)ccc1CNC(=O)c1noc(C2(C)CC2)n1. The van der Waals surface area contributed by atoms with Crippen LogP contribution in [0.5, 0.6) is 0 Å². The first-order chi connectivity index (χ1) is 15.4. The molecule has 2 N–H and O–H groups in total. The van der Waals surface area contributed by atoms with Gasteiger partial charge in [-0.05, 0) is 67.0 Å². The van der Waals surface area contributed by atoms with Crippen molar-refractivity contribution in [1.82, 2.24) is 20.4 Å². The first kappa shape index (κ1) is 20.4. The van der Waals surface area contributed by atoms with Crippen LogP contribution in [0, 0.1) is 12.8 Å². The first-order valence-electron chi connectivity index (χ1n) is 10.9. The van der Waals surface area contributed by atoms with E-state index in [-0.39, 0.29) is 29.0 Å². The molecule has 0 atom stereocenters. The summed E-state index contributed by atoms with van der Waals surface area (Å²) in [6, 6.07) is 9.84. The molecular weight excluding hydrogens is 406 g/mol. The molecule has 2 aromatic heterocycles. The van der Waals surface area contributed by atoms with Crippen LogP contribution in [0.3, 0.4) is 0 Å². The minimum absolute atomic E-state index is 0.0388. The first-order valence-corrected chi connectivity index (χ1v) is 10.9. The van der Waals surface area contributed by atoms with E-state index in [0.29, 0.717) is 18.3 Å². The second-order valence-electron chi connectivity index (χ2n) is 9.00. The molecule has 3 aromatic rings. The van der Waals surface area contributed by atoms with E-state index in [0.717, 1.165) is 47.9 Å². The van der Waals surface area contributed by atoms with Gasteiger partial charge in [0.2, 0.25) is 11.8 Å². The average Bonchev–Trinajstić information content (AvgIpc) is 3.71. The Balaban J connectivity index is 1.24. The summed E-state index contributed by atoms with van der Waals surface area (Å²) in [6.45, 7) is 4.42. The quantitative estimate of drug-likeness (QED) is 0.589. The maximum atomic E-state index is 12.4. The van der Waals surface area contributed by atoms with Crippen LogP contribution < -0.4 is 10.6 Å². The number of amides is 2. The van der Waals surface area contributed by atoms with Crippen LogP contribution in [0.2, 0.25) is 0 Å². The number of carbonyl (C=O) groups excluding carboxylic acids is 2. The lowest BCUT2D eigenvalue weighted by Gasteiger charge is -2.11. The van der Waals surface area contributed by atoms with E-state index in [1.807, 2.05) is 31.2 Å². The summed E-state index contributed by atoms with van der Waals surface area (Å²) in [5.74, 6) is 0.990. The van der Waals surface area contributed by atoms with Gasteiger partial charge in [0.05, 0.1) is 0 Å². The maximum Gasteiger partial charge on any atom is 0.292 e. The van der Waals surface area contributed by atoms with Crippen molar-refractivity contribution >= 4 is 17.6 Å². The van der Waals surface area contributed by atoms with Gasteiger partial charge in [-0.15, -0.1) is 0 Å². The topological polar surface area (TPSA) is 110 Å². The summed E-state index contributed by atoms with van der Waals surface area (Å²) in [5.41, 5.74) is 3.96. The van der Waals surface area contributed by atoms with Crippen LogP contribution in [-0.2, 0) is 16.8 Å². The zero-order chi connectivity index (χ0) is 22.3. The van der Waals surface area contributed by atoms with Gasteiger partial charge in [0, 0.05) is 24.1 Å². The van der Waals surface area contributed by atoms with Crippen LogP contribution in [0.4, 0.5) is 5.82 Å². The summed E-state index contributed by atoms with van der Waals surface area (Å²) in [7, 11) is 0. The summed E-state index contributed by atoms with van der Waals surface area (Å²) in [4.78, 5) is 32.9. The van der Waals surface area contributed by atoms with Crippen molar-refractivity contribution in [2.75, 3.05) is 5.32 Å². The number of carbonyl (C=O) groups is 2. The number of aromatic nitrogens is 3. The van der Waals surface area contributed by atoms with Crippen molar-refractivity contribution in [2.24, 2.45) is 5.92 Å². The molecule has 0 saturated heterocycles. The van der Waals surface area contributed by atoms with E-state index in [4.69, 9.17) is 4.52 Å². The second kappa shape index (κ2) is 7.85. The molecule has 5 rings (SSSR count). The highest BCUT2D eigenvalue weighted by molar-refractivity contribution is 5.93. The fraction of sp³-hybridized carbons (Fsp3) is 0.375. The molecule has 2 aliphatic rings. The van der Waals surface area contributed by atoms with Crippen LogP contribution in [0.15, 0.2) is 41.1 Å². The lowest BCUT2D eigenvalue weighted by molar-refractivity contribution is -0.117. The van der Waals surface area contributed by atoms with Crippen LogP contribution in [-0.4, -0.2) is 26.9 Å². The number of nitrogens with one attached hydrogen (secondary N) is 2. The minimum Gasteiger partial charge on any atom is -0.345 e. The number of hydrogen-bond acceptors (Lipinski definition) is 6. The van der Waals surface area contributed by atoms with E-state index >= 15 is 0 Å².